The van der Waals surface area contributed by atoms with Crippen molar-refractivity contribution in [2.45, 2.75) is 12.8 Å². The fourth-order valence-corrected chi connectivity index (χ4v) is 2.89. The number of methoxy groups -OCH3 is 1. The van der Waals surface area contributed by atoms with Crippen molar-refractivity contribution >= 4 is 11.6 Å². The van der Waals surface area contributed by atoms with Crippen LogP contribution >= 0.6 is 0 Å². The molecule has 0 radical (unpaired) electrons. The van der Waals surface area contributed by atoms with Crippen LogP contribution in [0.5, 0.6) is 5.75 Å². The topological polar surface area (TPSA) is 95.1 Å². The van der Waals surface area contributed by atoms with Crippen molar-refractivity contribution in [1.82, 2.24) is 20.2 Å². The van der Waals surface area contributed by atoms with Gasteiger partial charge >= 0.3 is 0 Å². The van der Waals surface area contributed by atoms with E-state index in [-0.39, 0.29) is 5.91 Å². The third-order valence-electron chi connectivity index (χ3n) is 4.38. The Hall–Kier alpha value is -3.94. The van der Waals surface area contributed by atoms with E-state index in [0.29, 0.717) is 18.5 Å². The number of tetrazole rings is 1. The number of hydrogen-bond donors (Lipinski definition) is 1. The molecule has 8 heteroatoms. The van der Waals surface area contributed by atoms with Crippen LogP contribution in [-0.2, 0) is 11.2 Å². The summed E-state index contributed by atoms with van der Waals surface area (Å²) in [4.78, 5) is 12.3. The highest BCUT2D eigenvalue weighted by Gasteiger charge is 2.09. The highest BCUT2D eigenvalue weighted by Crippen LogP contribution is 2.25. The largest absolute Gasteiger partial charge is 0.497 e. The van der Waals surface area contributed by atoms with E-state index in [1.807, 2.05) is 60.7 Å². The summed E-state index contributed by atoms with van der Waals surface area (Å²) >= 11 is 0. The second kappa shape index (κ2) is 8.39. The van der Waals surface area contributed by atoms with E-state index in [1.54, 1.807) is 7.11 Å². The Labute approximate surface area is 167 Å². The first-order valence-corrected chi connectivity index (χ1v) is 9.08. The van der Waals surface area contributed by atoms with E-state index in [0.717, 1.165) is 28.5 Å². The fraction of sp³-hybridized carbons (Fsp3) is 0.143. The molecule has 0 bridgehead atoms. The Morgan fingerprint density at radius 1 is 1.14 bits per heavy atom. The average molecular weight is 389 g/mol. The number of hydrogen-bond acceptors (Lipinski definition) is 6. The number of anilines is 1. The zero-order valence-electron chi connectivity index (χ0n) is 15.8. The van der Waals surface area contributed by atoms with Crippen LogP contribution in [0.4, 0.5) is 5.69 Å². The minimum atomic E-state index is -0.0961. The lowest BCUT2D eigenvalue weighted by atomic mass is 10.2. The van der Waals surface area contributed by atoms with Gasteiger partial charge in [0, 0.05) is 24.1 Å². The highest BCUT2D eigenvalue weighted by atomic mass is 16.5. The number of carbonyl (C=O) groups excluding carboxylic acids is 1. The Balaban J connectivity index is 1.34. The first-order chi connectivity index (χ1) is 14.2. The molecule has 0 atom stereocenters. The van der Waals surface area contributed by atoms with Gasteiger partial charge in [0.2, 0.25) is 5.91 Å². The molecule has 29 heavy (non-hydrogen) atoms. The van der Waals surface area contributed by atoms with E-state index in [2.05, 4.69) is 20.8 Å². The number of benzene rings is 2. The number of aryl methyl sites for hydroxylation is 1. The second-order valence-corrected chi connectivity index (χ2v) is 6.35. The molecule has 0 aliphatic heterocycles. The van der Waals surface area contributed by atoms with Gasteiger partial charge in [0.15, 0.2) is 0 Å². The summed E-state index contributed by atoms with van der Waals surface area (Å²) in [5.41, 5.74) is 2.41. The van der Waals surface area contributed by atoms with Gasteiger partial charge in [-0.2, -0.15) is 0 Å². The summed E-state index contributed by atoms with van der Waals surface area (Å²) in [6, 6.07) is 18.8. The zero-order valence-corrected chi connectivity index (χ0v) is 15.8. The smallest absolute Gasteiger partial charge is 0.224 e. The standard InChI is InChI=1S/C21H19N5O3/c1-28-18-7-5-15(6-8-18)20-11-9-19(29-20)10-12-21(27)23-16-3-2-4-17(13-16)26-14-22-24-25-26/h2-9,11,13-14H,10,12H2,1H3,(H,23,27). The molecule has 0 aliphatic rings. The van der Waals surface area contributed by atoms with E-state index in [4.69, 9.17) is 9.15 Å². The maximum atomic E-state index is 12.3. The molecule has 2 aromatic heterocycles. The van der Waals surface area contributed by atoms with Crippen LogP contribution in [0.15, 0.2) is 71.4 Å². The SMILES string of the molecule is COc1ccc(-c2ccc(CCC(=O)Nc3cccc(-n4cnnn4)c3)o2)cc1. The first-order valence-electron chi connectivity index (χ1n) is 9.08. The van der Waals surface area contributed by atoms with Gasteiger partial charge in [-0.05, 0) is 65.0 Å². The van der Waals surface area contributed by atoms with Crippen molar-refractivity contribution in [3.05, 3.63) is 72.8 Å². The van der Waals surface area contributed by atoms with Crippen molar-refractivity contribution in [1.29, 1.82) is 0 Å². The third-order valence-corrected chi connectivity index (χ3v) is 4.38. The number of amides is 1. The van der Waals surface area contributed by atoms with Crippen molar-refractivity contribution in [2.24, 2.45) is 0 Å². The molecule has 2 heterocycles. The number of ether oxygens (including phenoxy) is 1. The first kappa shape index (κ1) is 18.4. The fourth-order valence-electron chi connectivity index (χ4n) is 2.89. The molecule has 0 saturated heterocycles. The summed E-state index contributed by atoms with van der Waals surface area (Å²) in [5.74, 6) is 2.22. The van der Waals surface area contributed by atoms with E-state index >= 15 is 0 Å². The van der Waals surface area contributed by atoms with Gasteiger partial charge in [0.1, 0.15) is 23.6 Å². The molecule has 0 saturated carbocycles. The molecule has 0 fully saturated rings. The lowest BCUT2D eigenvalue weighted by Gasteiger charge is -2.06. The second-order valence-electron chi connectivity index (χ2n) is 6.35. The molecule has 4 aromatic rings. The number of aromatic nitrogens is 4. The summed E-state index contributed by atoms with van der Waals surface area (Å²) in [6.45, 7) is 0. The maximum Gasteiger partial charge on any atom is 0.224 e. The zero-order chi connectivity index (χ0) is 20.1. The molecule has 0 spiro atoms. The van der Waals surface area contributed by atoms with Crippen molar-refractivity contribution in [3.63, 3.8) is 0 Å². The number of furan rings is 1. The van der Waals surface area contributed by atoms with Crippen LogP contribution in [-0.4, -0.2) is 33.2 Å². The quantitative estimate of drug-likeness (QED) is 0.520. The molecule has 146 valence electrons. The van der Waals surface area contributed by atoms with Crippen molar-refractivity contribution in [3.8, 4) is 22.8 Å². The molecular formula is C21H19N5O3. The maximum absolute atomic E-state index is 12.3. The van der Waals surface area contributed by atoms with Crippen LogP contribution in [0.2, 0.25) is 0 Å². The van der Waals surface area contributed by atoms with Crippen LogP contribution < -0.4 is 10.1 Å². The number of rotatable bonds is 7. The lowest BCUT2D eigenvalue weighted by Crippen LogP contribution is -2.12. The molecule has 0 aliphatic carbocycles. The molecule has 1 N–H and O–H groups in total. The van der Waals surface area contributed by atoms with Gasteiger partial charge in [-0.25, -0.2) is 4.68 Å². The Morgan fingerprint density at radius 2 is 2.00 bits per heavy atom. The predicted molar refractivity (Wildman–Crippen MR) is 107 cm³/mol. The van der Waals surface area contributed by atoms with Crippen LogP contribution in [0.1, 0.15) is 12.2 Å². The minimum Gasteiger partial charge on any atom is -0.497 e. The van der Waals surface area contributed by atoms with E-state index < -0.39 is 0 Å². The van der Waals surface area contributed by atoms with Crippen LogP contribution in [0.25, 0.3) is 17.0 Å². The summed E-state index contributed by atoms with van der Waals surface area (Å²) in [7, 11) is 1.63. The van der Waals surface area contributed by atoms with Gasteiger partial charge < -0.3 is 14.5 Å². The van der Waals surface area contributed by atoms with Crippen LogP contribution in [0.3, 0.4) is 0 Å². The summed E-state index contributed by atoms with van der Waals surface area (Å²) < 4.78 is 12.6. The average Bonchev–Trinajstić information content (AvgIpc) is 3.45. The molecular weight excluding hydrogens is 370 g/mol. The molecule has 1 amide bonds. The van der Waals surface area contributed by atoms with Gasteiger partial charge in [0.05, 0.1) is 12.8 Å². The predicted octanol–water partition coefficient (Wildman–Crippen LogP) is 3.50. The van der Waals surface area contributed by atoms with Gasteiger partial charge in [-0.1, -0.05) is 6.07 Å². The van der Waals surface area contributed by atoms with E-state index in [1.165, 1.54) is 11.0 Å². The summed E-state index contributed by atoms with van der Waals surface area (Å²) in [6.07, 6.45) is 2.32. The molecule has 0 unspecified atom stereocenters. The van der Waals surface area contributed by atoms with Gasteiger partial charge in [-0.15, -0.1) is 5.10 Å². The number of nitrogens with one attached hydrogen (secondary N) is 1. The Kier molecular flexibility index (Phi) is 5.33. The normalized spacial score (nSPS) is 10.7. The monoisotopic (exact) mass is 389 g/mol. The lowest BCUT2D eigenvalue weighted by molar-refractivity contribution is -0.116. The number of nitrogens with zero attached hydrogens (tertiary/aromatic N) is 4. The van der Waals surface area contributed by atoms with E-state index in [9.17, 15) is 4.79 Å². The molecule has 4 rings (SSSR count). The van der Waals surface area contributed by atoms with Gasteiger partial charge in [-0.3, -0.25) is 4.79 Å². The number of carbonyl (C=O) groups is 1. The Morgan fingerprint density at radius 3 is 2.76 bits per heavy atom. The Bertz CT molecular complexity index is 1090. The minimum absolute atomic E-state index is 0.0961. The third kappa shape index (κ3) is 4.49. The van der Waals surface area contributed by atoms with Crippen molar-refractivity contribution < 1.29 is 13.9 Å². The highest BCUT2D eigenvalue weighted by molar-refractivity contribution is 5.91. The van der Waals surface area contributed by atoms with Gasteiger partial charge in [0.25, 0.3) is 0 Å². The molecule has 2 aromatic carbocycles. The molecule has 8 nitrogen and oxygen atoms in total. The van der Waals surface area contributed by atoms with Crippen molar-refractivity contribution in [2.75, 3.05) is 12.4 Å². The summed E-state index contributed by atoms with van der Waals surface area (Å²) in [5, 5.41) is 14.0. The van der Waals surface area contributed by atoms with Crippen LogP contribution in [0, 0.1) is 0 Å².